The molecule has 0 aliphatic carbocycles. The minimum Gasteiger partial charge on any atom is -0.372 e. The number of nitrogens with one attached hydrogen (secondary N) is 1. The van der Waals surface area contributed by atoms with Crippen molar-refractivity contribution in [3.05, 3.63) is 0 Å². The van der Waals surface area contributed by atoms with E-state index >= 15 is 0 Å². The van der Waals surface area contributed by atoms with Crippen molar-refractivity contribution in [3.8, 4) is 0 Å². The van der Waals surface area contributed by atoms with Crippen LogP contribution in [0.5, 0.6) is 0 Å². The van der Waals surface area contributed by atoms with Crippen molar-refractivity contribution in [2.24, 2.45) is 0 Å². The highest BCUT2D eigenvalue weighted by atomic mass is 16.5. The summed E-state index contributed by atoms with van der Waals surface area (Å²) in [4.78, 5) is 0. The quantitative estimate of drug-likeness (QED) is 0.319. The lowest BCUT2D eigenvalue weighted by molar-refractivity contribution is -0.0748. The fourth-order valence-corrected chi connectivity index (χ4v) is 3.91. The molecule has 1 heterocycles. The van der Waals surface area contributed by atoms with Crippen LogP contribution in [-0.2, 0) is 4.74 Å². The zero-order valence-corrected chi connectivity index (χ0v) is 16.8. The van der Waals surface area contributed by atoms with Crippen molar-refractivity contribution in [3.63, 3.8) is 0 Å². The molecule has 1 N–H and O–H groups in total. The number of rotatable bonds is 16. The second-order valence-electron chi connectivity index (χ2n) is 7.91. The summed E-state index contributed by atoms with van der Waals surface area (Å²) in [7, 11) is 0. The van der Waals surface area contributed by atoms with Gasteiger partial charge in [-0.05, 0) is 12.8 Å². The highest BCUT2D eigenvalue weighted by Crippen LogP contribution is 2.25. The maximum Gasteiger partial charge on any atom is 0.0804 e. The number of hydrogen-bond donors (Lipinski definition) is 1. The Morgan fingerprint density at radius 2 is 1.21 bits per heavy atom. The molecule has 144 valence electrons. The molecule has 0 saturated carbocycles. The Morgan fingerprint density at radius 1 is 0.708 bits per heavy atom. The third-order valence-electron chi connectivity index (χ3n) is 5.76. The Morgan fingerprint density at radius 3 is 1.62 bits per heavy atom. The van der Waals surface area contributed by atoms with Gasteiger partial charge < -0.3 is 10.1 Å². The van der Waals surface area contributed by atoms with Crippen LogP contribution in [0.3, 0.4) is 0 Å². The van der Waals surface area contributed by atoms with E-state index in [0.717, 1.165) is 26.1 Å². The Labute approximate surface area is 152 Å². The summed E-state index contributed by atoms with van der Waals surface area (Å²) in [5.41, 5.74) is 0.148. The van der Waals surface area contributed by atoms with Gasteiger partial charge in [0, 0.05) is 13.1 Å². The van der Waals surface area contributed by atoms with Crippen molar-refractivity contribution in [1.82, 2.24) is 5.32 Å². The molecule has 1 fully saturated rings. The highest BCUT2D eigenvalue weighted by molar-refractivity contribution is 4.84. The van der Waals surface area contributed by atoms with Gasteiger partial charge >= 0.3 is 0 Å². The van der Waals surface area contributed by atoms with Gasteiger partial charge in [0.05, 0.1) is 12.2 Å². The largest absolute Gasteiger partial charge is 0.372 e. The third-order valence-corrected chi connectivity index (χ3v) is 5.76. The van der Waals surface area contributed by atoms with Gasteiger partial charge in [-0.1, -0.05) is 104 Å². The average Bonchev–Trinajstić information content (AvgIpc) is 2.63. The summed E-state index contributed by atoms with van der Waals surface area (Å²) in [5.74, 6) is 0. The Kier molecular flexibility index (Phi) is 13.9. The van der Waals surface area contributed by atoms with E-state index in [-0.39, 0.29) is 5.60 Å². The molecule has 1 rings (SSSR count). The zero-order chi connectivity index (χ0) is 17.3. The van der Waals surface area contributed by atoms with Gasteiger partial charge in [0.1, 0.15) is 0 Å². The third kappa shape index (κ3) is 10.7. The molecule has 1 atom stereocenters. The molecule has 1 aliphatic heterocycles. The van der Waals surface area contributed by atoms with Gasteiger partial charge in [0.15, 0.2) is 0 Å². The predicted octanol–water partition coefficient (Wildman–Crippen LogP) is 6.63. The van der Waals surface area contributed by atoms with Crippen molar-refractivity contribution in [2.75, 3.05) is 19.7 Å². The molecular formula is C22H45NO. The molecule has 0 radical (unpaired) electrons. The first-order valence-electron chi connectivity index (χ1n) is 11.2. The van der Waals surface area contributed by atoms with E-state index in [1.165, 1.54) is 96.3 Å². The summed E-state index contributed by atoms with van der Waals surface area (Å²) in [6, 6.07) is 0. The second kappa shape index (κ2) is 15.2. The predicted molar refractivity (Wildman–Crippen MR) is 107 cm³/mol. The Bertz CT molecular complexity index is 261. The van der Waals surface area contributed by atoms with Crippen LogP contribution in [0.25, 0.3) is 0 Å². The van der Waals surface area contributed by atoms with E-state index in [9.17, 15) is 0 Å². The van der Waals surface area contributed by atoms with Gasteiger partial charge in [-0.3, -0.25) is 0 Å². The van der Waals surface area contributed by atoms with Crippen molar-refractivity contribution >= 4 is 0 Å². The van der Waals surface area contributed by atoms with Crippen molar-refractivity contribution < 1.29 is 4.74 Å². The maximum absolute atomic E-state index is 6.07. The SMILES string of the molecule is CCCCCCCCCCCCCCCCC1(CC)CNCCO1. The van der Waals surface area contributed by atoms with E-state index < -0.39 is 0 Å². The van der Waals surface area contributed by atoms with Crippen LogP contribution in [0, 0.1) is 0 Å². The molecule has 0 spiro atoms. The number of hydrogen-bond acceptors (Lipinski definition) is 2. The molecule has 0 amide bonds. The Hall–Kier alpha value is -0.0800. The van der Waals surface area contributed by atoms with Crippen LogP contribution in [0.4, 0.5) is 0 Å². The van der Waals surface area contributed by atoms with Gasteiger partial charge in [0.2, 0.25) is 0 Å². The molecule has 1 aliphatic rings. The second-order valence-corrected chi connectivity index (χ2v) is 7.91. The van der Waals surface area contributed by atoms with Gasteiger partial charge in [0.25, 0.3) is 0 Å². The van der Waals surface area contributed by atoms with Crippen LogP contribution < -0.4 is 5.32 Å². The maximum atomic E-state index is 6.07. The lowest BCUT2D eigenvalue weighted by Crippen LogP contribution is -2.49. The number of ether oxygens (including phenoxy) is 1. The van der Waals surface area contributed by atoms with E-state index in [1.54, 1.807) is 0 Å². The molecule has 1 saturated heterocycles. The van der Waals surface area contributed by atoms with Crippen molar-refractivity contribution in [2.45, 2.75) is 122 Å². The molecule has 0 bridgehead atoms. The summed E-state index contributed by atoms with van der Waals surface area (Å²) < 4.78 is 6.07. The first-order valence-corrected chi connectivity index (χ1v) is 11.2. The molecule has 2 nitrogen and oxygen atoms in total. The van der Waals surface area contributed by atoms with Gasteiger partial charge in [-0.15, -0.1) is 0 Å². The molecule has 0 aromatic rings. The normalized spacial score (nSPS) is 21.2. The highest BCUT2D eigenvalue weighted by Gasteiger charge is 2.30. The topological polar surface area (TPSA) is 21.3 Å². The van der Waals surface area contributed by atoms with Crippen LogP contribution in [-0.4, -0.2) is 25.3 Å². The van der Waals surface area contributed by atoms with Crippen LogP contribution in [0.1, 0.15) is 117 Å². The van der Waals surface area contributed by atoms with E-state index in [2.05, 4.69) is 19.2 Å². The smallest absolute Gasteiger partial charge is 0.0804 e. The average molecular weight is 340 g/mol. The fourth-order valence-electron chi connectivity index (χ4n) is 3.91. The van der Waals surface area contributed by atoms with Gasteiger partial charge in [-0.25, -0.2) is 0 Å². The lowest BCUT2D eigenvalue weighted by Gasteiger charge is -2.37. The summed E-state index contributed by atoms with van der Waals surface area (Å²) in [5, 5.41) is 3.50. The van der Waals surface area contributed by atoms with Crippen LogP contribution in [0.15, 0.2) is 0 Å². The molecule has 1 unspecified atom stereocenters. The molecule has 24 heavy (non-hydrogen) atoms. The van der Waals surface area contributed by atoms with Crippen LogP contribution in [0.2, 0.25) is 0 Å². The molecule has 2 heteroatoms. The lowest BCUT2D eigenvalue weighted by atomic mass is 9.91. The zero-order valence-electron chi connectivity index (χ0n) is 16.8. The minimum atomic E-state index is 0.148. The first-order chi connectivity index (χ1) is 11.8. The standard InChI is InChI=1S/C22H45NO/c1-3-5-6-7-8-9-10-11-12-13-14-15-16-17-18-22(4-2)21-23-19-20-24-22/h23H,3-21H2,1-2H3. The summed E-state index contributed by atoms with van der Waals surface area (Å²) in [6.07, 6.45) is 22.5. The monoisotopic (exact) mass is 339 g/mol. The summed E-state index contributed by atoms with van der Waals surface area (Å²) >= 11 is 0. The van der Waals surface area contributed by atoms with Crippen molar-refractivity contribution in [1.29, 1.82) is 0 Å². The molecular weight excluding hydrogens is 294 g/mol. The van der Waals surface area contributed by atoms with Crippen LogP contribution >= 0.6 is 0 Å². The molecule has 0 aromatic carbocycles. The van der Waals surface area contributed by atoms with E-state index in [4.69, 9.17) is 4.74 Å². The minimum absolute atomic E-state index is 0.148. The fraction of sp³-hybridized carbons (Fsp3) is 1.00. The van der Waals surface area contributed by atoms with Gasteiger partial charge in [-0.2, -0.15) is 0 Å². The molecule has 0 aromatic heterocycles. The number of unbranched alkanes of at least 4 members (excludes halogenated alkanes) is 13. The van der Waals surface area contributed by atoms with E-state index in [1.807, 2.05) is 0 Å². The Balaban J connectivity index is 1.80. The first kappa shape index (κ1) is 22.0. The number of morpholine rings is 1. The van der Waals surface area contributed by atoms with E-state index in [0.29, 0.717) is 0 Å². The summed E-state index contributed by atoms with van der Waals surface area (Å²) in [6.45, 7) is 7.55.